The minimum atomic E-state index is -0.911. The van der Waals surface area contributed by atoms with Crippen LogP contribution in [0.4, 0.5) is 0 Å². The molecule has 0 aliphatic carbocycles. The van der Waals surface area contributed by atoms with Crippen LogP contribution in [0.1, 0.15) is 11.3 Å². The Kier molecular flexibility index (Phi) is 3.12. The summed E-state index contributed by atoms with van der Waals surface area (Å²) in [6.07, 6.45) is 3.30. The highest BCUT2D eigenvalue weighted by atomic mass is 16.4. The van der Waals surface area contributed by atoms with Crippen LogP contribution in [-0.4, -0.2) is 31.1 Å². The number of pyridine rings is 1. The van der Waals surface area contributed by atoms with Gasteiger partial charge >= 0.3 is 5.97 Å². The zero-order chi connectivity index (χ0) is 13.9. The number of benzene rings is 1. The monoisotopic (exact) mass is 268 g/mol. The molecule has 0 radical (unpaired) electrons. The lowest BCUT2D eigenvalue weighted by molar-refractivity contribution is -0.136. The maximum atomic E-state index is 10.6. The first-order valence-electron chi connectivity index (χ1n) is 6.16. The molecule has 1 N–H and O–H groups in total. The number of carboxylic acids is 1. The first-order chi connectivity index (χ1) is 9.72. The van der Waals surface area contributed by atoms with Crippen LogP contribution in [0, 0.1) is 0 Å². The van der Waals surface area contributed by atoms with Crippen molar-refractivity contribution < 1.29 is 9.90 Å². The summed E-state index contributed by atoms with van der Waals surface area (Å²) in [4.78, 5) is 14.9. The molecule has 0 aliphatic heterocycles. The molecular formula is C14H12N4O2. The summed E-state index contributed by atoms with van der Waals surface area (Å²) in [7, 11) is 0. The second kappa shape index (κ2) is 5.08. The van der Waals surface area contributed by atoms with E-state index in [4.69, 9.17) is 5.11 Å². The number of aromatic nitrogens is 4. The van der Waals surface area contributed by atoms with E-state index in [0.29, 0.717) is 12.2 Å². The van der Waals surface area contributed by atoms with E-state index >= 15 is 0 Å². The Hall–Kier alpha value is -2.76. The highest BCUT2D eigenvalue weighted by Crippen LogP contribution is 2.16. The number of para-hydroxylation sites is 1. The maximum Gasteiger partial charge on any atom is 0.309 e. The van der Waals surface area contributed by atoms with Gasteiger partial charge in [0.15, 0.2) is 0 Å². The van der Waals surface area contributed by atoms with Gasteiger partial charge in [-0.1, -0.05) is 23.4 Å². The highest BCUT2D eigenvalue weighted by Gasteiger charge is 2.07. The molecule has 0 saturated carbocycles. The van der Waals surface area contributed by atoms with Crippen LogP contribution < -0.4 is 0 Å². The summed E-state index contributed by atoms with van der Waals surface area (Å²) in [5.41, 5.74) is 2.45. The molecule has 0 unspecified atom stereocenters. The normalized spacial score (nSPS) is 10.8. The summed E-state index contributed by atoms with van der Waals surface area (Å²) in [6, 6.07) is 9.80. The van der Waals surface area contributed by atoms with E-state index in [1.807, 2.05) is 30.3 Å². The smallest absolute Gasteiger partial charge is 0.309 e. The van der Waals surface area contributed by atoms with Crippen molar-refractivity contribution in [2.45, 2.75) is 13.0 Å². The van der Waals surface area contributed by atoms with Gasteiger partial charge in [-0.05, 0) is 17.7 Å². The molecule has 1 aromatic carbocycles. The van der Waals surface area contributed by atoms with Gasteiger partial charge in [-0.2, -0.15) is 0 Å². The van der Waals surface area contributed by atoms with Crippen LogP contribution in [0.3, 0.4) is 0 Å². The van der Waals surface area contributed by atoms with Crippen LogP contribution >= 0.6 is 0 Å². The van der Waals surface area contributed by atoms with Crippen molar-refractivity contribution in [3.05, 3.63) is 54.0 Å². The number of carbonyl (C=O) groups is 1. The maximum absolute atomic E-state index is 10.6. The summed E-state index contributed by atoms with van der Waals surface area (Å²) >= 11 is 0. The van der Waals surface area contributed by atoms with Crippen molar-refractivity contribution in [1.82, 2.24) is 20.0 Å². The van der Waals surface area contributed by atoms with E-state index in [2.05, 4.69) is 15.3 Å². The number of hydrogen-bond acceptors (Lipinski definition) is 4. The number of carboxylic acid groups (broad SMARTS) is 1. The van der Waals surface area contributed by atoms with E-state index in [-0.39, 0.29) is 6.42 Å². The first kappa shape index (κ1) is 12.3. The molecule has 20 heavy (non-hydrogen) atoms. The van der Waals surface area contributed by atoms with Gasteiger partial charge in [-0.15, -0.1) is 5.10 Å². The first-order valence-corrected chi connectivity index (χ1v) is 6.16. The molecule has 6 heteroatoms. The Balaban J connectivity index is 1.89. The SMILES string of the molecule is O=C(O)Cc1cn(Cc2ccnc3ccccc23)nn1. The lowest BCUT2D eigenvalue weighted by Crippen LogP contribution is -2.02. The third-order valence-electron chi connectivity index (χ3n) is 2.99. The minimum absolute atomic E-state index is 0.114. The topological polar surface area (TPSA) is 80.9 Å². The van der Waals surface area contributed by atoms with Crippen LogP contribution in [0.25, 0.3) is 10.9 Å². The fraction of sp³-hybridized carbons (Fsp3) is 0.143. The molecule has 0 amide bonds. The molecule has 6 nitrogen and oxygen atoms in total. The third-order valence-corrected chi connectivity index (χ3v) is 2.99. The number of aliphatic carboxylic acids is 1. The van der Waals surface area contributed by atoms with Crippen molar-refractivity contribution in [2.24, 2.45) is 0 Å². The van der Waals surface area contributed by atoms with Crippen LogP contribution in [0.15, 0.2) is 42.7 Å². The Morgan fingerprint density at radius 3 is 2.95 bits per heavy atom. The molecule has 0 fully saturated rings. The lowest BCUT2D eigenvalue weighted by atomic mass is 10.1. The molecule has 3 aromatic rings. The van der Waals surface area contributed by atoms with Crippen LogP contribution in [0.5, 0.6) is 0 Å². The number of fused-ring (bicyclic) bond motifs is 1. The predicted octanol–water partition coefficient (Wildman–Crippen LogP) is 1.50. The second-order valence-electron chi connectivity index (χ2n) is 4.47. The van der Waals surface area contributed by atoms with E-state index in [1.165, 1.54) is 0 Å². The minimum Gasteiger partial charge on any atom is -0.481 e. The largest absolute Gasteiger partial charge is 0.481 e. The fourth-order valence-electron chi connectivity index (χ4n) is 2.12. The van der Waals surface area contributed by atoms with Gasteiger partial charge in [-0.25, -0.2) is 4.68 Å². The number of nitrogens with zero attached hydrogens (tertiary/aromatic N) is 4. The Labute approximate surface area is 114 Å². The fourth-order valence-corrected chi connectivity index (χ4v) is 2.12. The van der Waals surface area contributed by atoms with Gasteiger partial charge in [0.25, 0.3) is 0 Å². The molecule has 0 atom stereocenters. The second-order valence-corrected chi connectivity index (χ2v) is 4.47. The molecule has 0 bridgehead atoms. The van der Waals surface area contributed by atoms with Gasteiger partial charge in [0.05, 0.1) is 24.2 Å². The van der Waals surface area contributed by atoms with Crippen LogP contribution in [0.2, 0.25) is 0 Å². The van der Waals surface area contributed by atoms with Gasteiger partial charge in [-0.3, -0.25) is 9.78 Å². The zero-order valence-electron chi connectivity index (χ0n) is 10.6. The number of hydrogen-bond donors (Lipinski definition) is 1. The molecule has 0 saturated heterocycles. The molecular weight excluding hydrogens is 256 g/mol. The van der Waals surface area contributed by atoms with Gasteiger partial charge in [0.1, 0.15) is 0 Å². The number of rotatable bonds is 4. The third kappa shape index (κ3) is 2.49. The van der Waals surface area contributed by atoms with E-state index in [9.17, 15) is 4.79 Å². The van der Waals surface area contributed by atoms with Gasteiger partial charge in [0, 0.05) is 17.8 Å². The van der Waals surface area contributed by atoms with E-state index in [0.717, 1.165) is 16.5 Å². The molecule has 2 aromatic heterocycles. The summed E-state index contributed by atoms with van der Waals surface area (Å²) in [5.74, 6) is -0.911. The average Bonchev–Trinajstić information content (AvgIpc) is 2.86. The van der Waals surface area contributed by atoms with Crippen molar-refractivity contribution in [2.75, 3.05) is 0 Å². The summed E-state index contributed by atoms with van der Waals surface area (Å²) < 4.78 is 1.64. The molecule has 2 heterocycles. The van der Waals surface area contributed by atoms with Gasteiger partial charge in [0.2, 0.25) is 0 Å². The lowest BCUT2D eigenvalue weighted by Gasteiger charge is -2.05. The zero-order valence-corrected chi connectivity index (χ0v) is 10.6. The molecule has 0 aliphatic rings. The van der Waals surface area contributed by atoms with E-state index in [1.54, 1.807) is 17.1 Å². The molecule has 3 rings (SSSR count). The average molecular weight is 268 g/mol. The molecule has 100 valence electrons. The van der Waals surface area contributed by atoms with Crippen molar-refractivity contribution in [3.63, 3.8) is 0 Å². The predicted molar refractivity (Wildman–Crippen MR) is 72.2 cm³/mol. The van der Waals surface area contributed by atoms with Crippen molar-refractivity contribution in [1.29, 1.82) is 0 Å². The van der Waals surface area contributed by atoms with Crippen LogP contribution in [-0.2, 0) is 17.8 Å². The summed E-state index contributed by atoms with van der Waals surface area (Å²) in [6.45, 7) is 0.537. The van der Waals surface area contributed by atoms with E-state index < -0.39 is 5.97 Å². The van der Waals surface area contributed by atoms with Crippen molar-refractivity contribution in [3.8, 4) is 0 Å². The Bertz CT molecular complexity index is 761. The van der Waals surface area contributed by atoms with Crippen molar-refractivity contribution >= 4 is 16.9 Å². The Morgan fingerprint density at radius 1 is 1.25 bits per heavy atom. The highest BCUT2D eigenvalue weighted by molar-refractivity contribution is 5.81. The van der Waals surface area contributed by atoms with Gasteiger partial charge < -0.3 is 5.11 Å². The molecule has 0 spiro atoms. The quantitative estimate of drug-likeness (QED) is 0.775. The Morgan fingerprint density at radius 2 is 2.10 bits per heavy atom. The summed E-state index contributed by atoms with van der Waals surface area (Å²) in [5, 5.41) is 17.6. The standard InChI is InChI=1S/C14H12N4O2/c19-14(20)7-11-9-18(17-16-11)8-10-5-6-15-13-4-2-1-3-12(10)13/h1-6,9H,7-8H2,(H,19,20).